The van der Waals surface area contributed by atoms with Crippen LogP contribution in [0.5, 0.6) is 5.75 Å². The second-order valence-corrected chi connectivity index (χ2v) is 8.64. The topological polar surface area (TPSA) is 40.5 Å². The van der Waals surface area contributed by atoms with Crippen LogP contribution in [0.2, 0.25) is 0 Å². The second-order valence-electron chi connectivity index (χ2n) is 8.64. The Kier molecular flexibility index (Phi) is 3.60. The summed E-state index contributed by atoms with van der Waals surface area (Å²) in [4.78, 5) is 0. The van der Waals surface area contributed by atoms with Gasteiger partial charge in [0, 0.05) is 5.41 Å². The van der Waals surface area contributed by atoms with E-state index in [0.29, 0.717) is 17.6 Å². The first kappa shape index (κ1) is 15.9. The maximum absolute atomic E-state index is 10.8. The van der Waals surface area contributed by atoms with Gasteiger partial charge in [-0.2, -0.15) is 0 Å². The molecule has 0 spiro atoms. The predicted octanol–water partition coefficient (Wildman–Crippen LogP) is 4.52. The largest absolute Gasteiger partial charge is 0.508 e. The Bertz CT molecular complexity index is 588. The molecule has 1 aromatic carbocycles. The van der Waals surface area contributed by atoms with Crippen LogP contribution in [0.25, 0.3) is 0 Å². The zero-order valence-electron chi connectivity index (χ0n) is 14.6. The molecule has 2 nitrogen and oxygen atoms in total. The smallest absolute Gasteiger partial charge is 0.119 e. The van der Waals surface area contributed by atoms with E-state index in [9.17, 15) is 10.2 Å². The van der Waals surface area contributed by atoms with E-state index in [1.165, 1.54) is 11.1 Å². The molecule has 2 N–H and O–H groups in total. The summed E-state index contributed by atoms with van der Waals surface area (Å²) in [7, 11) is 0. The van der Waals surface area contributed by atoms with E-state index in [1.807, 2.05) is 6.07 Å². The van der Waals surface area contributed by atoms with E-state index in [1.54, 1.807) is 0 Å². The third kappa shape index (κ3) is 2.11. The Morgan fingerprint density at radius 3 is 2.45 bits per heavy atom. The third-order valence-corrected chi connectivity index (χ3v) is 6.58. The van der Waals surface area contributed by atoms with Crippen LogP contribution in [0.15, 0.2) is 12.1 Å². The van der Waals surface area contributed by atoms with E-state index in [-0.39, 0.29) is 16.9 Å². The number of fused-ring (bicyclic) bond motifs is 3. The van der Waals surface area contributed by atoms with Crippen molar-refractivity contribution in [2.75, 3.05) is 0 Å². The fraction of sp³-hybridized carbons (Fsp3) is 0.700. The second kappa shape index (κ2) is 4.99. The van der Waals surface area contributed by atoms with Gasteiger partial charge in [-0.1, -0.05) is 40.7 Å². The third-order valence-electron chi connectivity index (χ3n) is 6.58. The van der Waals surface area contributed by atoms with Gasteiger partial charge in [0.1, 0.15) is 5.75 Å². The van der Waals surface area contributed by atoms with Crippen molar-refractivity contribution in [2.24, 2.45) is 11.3 Å². The lowest BCUT2D eigenvalue weighted by Gasteiger charge is -2.56. The molecular formula is C20H30O2. The number of aromatic hydroxyl groups is 1. The maximum atomic E-state index is 10.8. The van der Waals surface area contributed by atoms with Gasteiger partial charge in [0.05, 0.1) is 6.10 Å². The molecule has 2 aliphatic carbocycles. The molecule has 0 aliphatic heterocycles. The van der Waals surface area contributed by atoms with Gasteiger partial charge in [0.25, 0.3) is 0 Å². The molecule has 3 atom stereocenters. The SMILES string of the molecule is CC(C)c1cc2c(cc1O)[C@@]1(C)[C@H](O)CCC(C)(C)[C@@H]1CC2. The van der Waals surface area contributed by atoms with Crippen molar-refractivity contribution in [1.82, 2.24) is 0 Å². The van der Waals surface area contributed by atoms with Gasteiger partial charge in [-0.3, -0.25) is 0 Å². The summed E-state index contributed by atoms with van der Waals surface area (Å²) in [6, 6.07) is 4.15. The predicted molar refractivity (Wildman–Crippen MR) is 90.4 cm³/mol. The molecule has 1 fully saturated rings. The minimum atomic E-state index is -0.311. The fourth-order valence-electron chi connectivity index (χ4n) is 5.21. The molecule has 3 rings (SSSR count). The molecule has 22 heavy (non-hydrogen) atoms. The van der Waals surface area contributed by atoms with Gasteiger partial charge < -0.3 is 10.2 Å². The molecule has 0 bridgehead atoms. The number of phenols is 1. The molecule has 0 unspecified atom stereocenters. The highest BCUT2D eigenvalue weighted by Crippen LogP contribution is 2.57. The van der Waals surface area contributed by atoms with E-state index in [2.05, 4.69) is 40.7 Å². The summed E-state index contributed by atoms with van der Waals surface area (Å²) in [5, 5.41) is 21.3. The summed E-state index contributed by atoms with van der Waals surface area (Å²) in [6.45, 7) is 11.1. The summed E-state index contributed by atoms with van der Waals surface area (Å²) in [5.41, 5.74) is 3.56. The number of aliphatic hydroxyl groups is 1. The van der Waals surface area contributed by atoms with E-state index >= 15 is 0 Å². The van der Waals surface area contributed by atoms with Gasteiger partial charge in [-0.15, -0.1) is 0 Å². The first-order valence-corrected chi connectivity index (χ1v) is 8.72. The molecule has 0 radical (unpaired) electrons. The zero-order chi connectivity index (χ0) is 16.3. The van der Waals surface area contributed by atoms with Gasteiger partial charge in [-0.25, -0.2) is 0 Å². The summed E-state index contributed by atoms with van der Waals surface area (Å²) < 4.78 is 0. The van der Waals surface area contributed by atoms with Gasteiger partial charge >= 0.3 is 0 Å². The molecule has 2 aliphatic rings. The normalized spacial score (nSPS) is 33.4. The molecule has 0 amide bonds. The zero-order valence-corrected chi connectivity index (χ0v) is 14.6. The van der Waals surface area contributed by atoms with Gasteiger partial charge in [-0.05, 0) is 65.7 Å². The summed E-state index contributed by atoms with van der Waals surface area (Å²) in [5.74, 6) is 1.19. The van der Waals surface area contributed by atoms with Crippen molar-refractivity contribution in [3.05, 3.63) is 28.8 Å². The number of hydrogen-bond acceptors (Lipinski definition) is 2. The molecule has 0 saturated heterocycles. The van der Waals surface area contributed by atoms with Gasteiger partial charge in [0.2, 0.25) is 0 Å². The lowest BCUT2D eigenvalue weighted by Crippen LogP contribution is -2.55. The molecule has 0 aromatic heterocycles. The first-order chi connectivity index (χ1) is 10.2. The van der Waals surface area contributed by atoms with Gasteiger partial charge in [0.15, 0.2) is 0 Å². The van der Waals surface area contributed by atoms with Crippen molar-refractivity contribution >= 4 is 0 Å². The Hall–Kier alpha value is -1.02. The molecule has 2 heteroatoms. The first-order valence-electron chi connectivity index (χ1n) is 8.72. The molecule has 1 aromatic rings. The minimum Gasteiger partial charge on any atom is -0.508 e. The van der Waals surface area contributed by atoms with Crippen LogP contribution in [0.1, 0.15) is 76.5 Å². The van der Waals surface area contributed by atoms with Crippen molar-refractivity contribution in [2.45, 2.75) is 77.7 Å². The standard InChI is InChI=1S/C20H30O2/c1-12(2)14-10-13-6-7-17-19(3,4)9-8-18(22)20(17,5)15(13)11-16(14)21/h10-12,17-18,21-22H,6-9H2,1-5H3/t17-,18+,20+/m0/s1. The highest BCUT2D eigenvalue weighted by atomic mass is 16.3. The van der Waals surface area contributed by atoms with Crippen LogP contribution in [-0.4, -0.2) is 16.3 Å². The molecular weight excluding hydrogens is 272 g/mol. The highest BCUT2D eigenvalue weighted by Gasteiger charge is 2.54. The molecule has 0 heterocycles. The van der Waals surface area contributed by atoms with Crippen LogP contribution in [-0.2, 0) is 11.8 Å². The van der Waals surface area contributed by atoms with Crippen LogP contribution >= 0.6 is 0 Å². The van der Waals surface area contributed by atoms with Crippen molar-refractivity contribution in [1.29, 1.82) is 0 Å². The van der Waals surface area contributed by atoms with Crippen LogP contribution in [0.3, 0.4) is 0 Å². The lowest BCUT2D eigenvalue weighted by atomic mass is 9.49. The van der Waals surface area contributed by atoms with Crippen molar-refractivity contribution < 1.29 is 10.2 Å². The Morgan fingerprint density at radius 2 is 1.82 bits per heavy atom. The van der Waals surface area contributed by atoms with Crippen LogP contribution in [0.4, 0.5) is 0 Å². The average Bonchev–Trinajstić information content (AvgIpc) is 2.43. The number of phenolic OH excluding ortho intramolecular Hbond substituents is 1. The number of rotatable bonds is 1. The molecule has 122 valence electrons. The quantitative estimate of drug-likeness (QED) is 0.801. The Morgan fingerprint density at radius 1 is 1.14 bits per heavy atom. The van der Waals surface area contributed by atoms with Crippen LogP contribution in [0, 0.1) is 11.3 Å². The highest BCUT2D eigenvalue weighted by molar-refractivity contribution is 5.49. The number of benzene rings is 1. The van der Waals surface area contributed by atoms with E-state index in [0.717, 1.165) is 31.2 Å². The number of hydrogen-bond donors (Lipinski definition) is 2. The monoisotopic (exact) mass is 302 g/mol. The Balaban J connectivity index is 2.17. The average molecular weight is 302 g/mol. The minimum absolute atomic E-state index is 0.234. The maximum Gasteiger partial charge on any atom is 0.119 e. The number of aliphatic hydroxyl groups excluding tert-OH is 1. The summed E-state index contributed by atoms with van der Waals surface area (Å²) >= 11 is 0. The Labute approximate surface area is 134 Å². The van der Waals surface area contributed by atoms with E-state index < -0.39 is 0 Å². The fourth-order valence-corrected chi connectivity index (χ4v) is 5.21. The van der Waals surface area contributed by atoms with Crippen molar-refractivity contribution in [3.63, 3.8) is 0 Å². The summed E-state index contributed by atoms with van der Waals surface area (Å²) in [6.07, 6.45) is 3.82. The number of aryl methyl sites for hydroxylation is 1. The lowest BCUT2D eigenvalue weighted by molar-refractivity contribution is -0.0592. The van der Waals surface area contributed by atoms with E-state index in [4.69, 9.17) is 0 Å². The van der Waals surface area contributed by atoms with Crippen molar-refractivity contribution in [3.8, 4) is 5.75 Å². The molecule has 1 saturated carbocycles. The van der Waals surface area contributed by atoms with Crippen LogP contribution < -0.4 is 0 Å².